The lowest BCUT2D eigenvalue weighted by Gasteiger charge is -2.04. The summed E-state index contributed by atoms with van der Waals surface area (Å²) in [6.07, 6.45) is 0. The number of hydrogen-bond donors (Lipinski definition) is 1. The first kappa shape index (κ1) is 11.8. The molecule has 0 aliphatic rings. The quantitative estimate of drug-likeness (QED) is 0.736. The maximum absolute atomic E-state index is 10.9. The third-order valence-corrected chi connectivity index (χ3v) is 2.43. The minimum Gasteiger partial charge on any atom is -0.478 e. The number of carbonyl (C=O) groups is 1. The van der Waals surface area contributed by atoms with Crippen LogP contribution in [0.25, 0.3) is 10.8 Å². The van der Waals surface area contributed by atoms with Gasteiger partial charge in [-0.05, 0) is 29.3 Å². The lowest BCUT2D eigenvalue weighted by molar-refractivity contribution is 0.0696. The Hall–Kier alpha value is -1.30. The highest BCUT2D eigenvalue weighted by atomic mass is 27.0. The molecule has 15 heavy (non-hydrogen) atoms. The van der Waals surface area contributed by atoms with Crippen LogP contribution in [0.4, 0.5) is 0 Å². The van der Waals surface area contributed by atoms with Gasteiger partial charge in [0.1, 0.15) is 0 Å². The molecule has 0 aromatic heterocycles. The fourth-order valence-electron chi connectivity index (χ4n) is 1.66. The second-order valence-electron chi connectivity index (χ2n) is 3.26. The number of benzene rings is 2. The van der Waals surface area contributed by atoms with Crippen LogP contribution in [-0.4, -0.2) is 28.4 Å². The number of fused-ring (bicyclic) bond motifs is 1. The van der Waals surface area contributed by atoms with Gasteiger partial charge in [0.05, 0.1) is 5.56 Å². The molecule has 76 valence electrons. The molecule has 2 nitrogen and oxygen atoms in total. The van der Waals surface area contributed by atoms with Gasteiger partial charge in [-0.1, -0.05) is 30.3 Å². The van der Waals surface area contributed by atoms with Crippen molar-refractivity contribution in [1.82, 2.24) is 0 Å². The predicted molar refractivity (Wildman–Crippen MR) is 65.6 cm³/mol. The Morgan fingerprint density at radius 3 is 2.47 bits per heavy atom. The van der Waals surface area contributed by atoms with E-state index in [1.54, 1.807) is 6.07 Å². The fourth-order valence-corrected chi connectivity index (χ4v) is 1.66. The van der Waals surface area contributed by atoms with Crippen molar-refractivity contribution in [3.8, 4) is 0 Å². The highest BCUT2D eigenvalue weighted by Crippen LogP contribution is 2.21. The van der Waals surface area contributed by atoms with Gasteiger partial charge in [0.2, 0.25) is 0 Å². The molecule has 0 spiro atoms. The third kappa shape index (κ3) is 2.04. The summed E-state index contributed by atoms with van der Waals surface area (Å²) in [6.45, 7) is 1.84. The number of hydrogen-bond acceptors (Lipinski definition) is 1. The van der Waals surface area contributed by atoms with E-state index in [-0.39, 0.29) is 17.4 Å². The average Bonchev–Trinajstić information content (AvgIpc) is 2.18. The Bertz CT molecular complexity index is 506. The zero-order valence-corrected chi connectivity index (χ0v) is 7.82. The summed E-state index contributed by atoms with van der Waals surface area (Å²) in [5, 5.41) is 11.0. The minimum absolute atomic E-state index is 0. The van der Waals surface area contributed by atoms with E-state index in [0.29, 0.717) is 5.56 Å². The number of aromatic carboxylic acids is 1. The van der Waals surface area contributed by atoms with Gasteiger partial charge in [0.15, 0.2) is 17.4 Å². The lowest BCUT2D eigenvalue weighted by Crippen LogP contribution is -1.99. The summed E-state index contributed by atoms with van der Waals surface area (Å²) in [7, 11) is 0. The summed E-state index contributed by atoms with van der Waals surface area (Å²) < 4.78 is 0. The van der Waals surface area contributed by atoms with Crippen molar-refractivity contribution in [3.05, 3.63) is 47.5 Å². The van der Waals surface area contributed by atoms with Crippen LogP contribution in [0.3, 0.4) is 0 Å². The van der Waals surface area contributed by atoms with Crippen molar-refractivity contribution in [2.24, 2.45) is 0 Å². The summed E-state index contributed by atoms with van der Waals surface area (Å²) in [5.41, 5.74) is 1.21. The van der Waals surface area contributed by atoms with E-state index in [0.717, 1.165) is 16.3 Å². The standard InChI is InChI=1S/C12H10O2.Al.3H/c1-8-10-5-3-2-4-9(10)6-7-11(8)12(13)14;;;;/h2-7H,1H3,(H,13,14);;;;. The molecule has 0 fully saturated rings. The van der Waals surface area contributed by atoms with Gasteiger partial charge in [-0.2, -0.15) is 0 Å². The molecule has 0 heterocycles. The first-order chi connectivity index (χ1) is 6.70. The second kappa shape index (κ2) is 4.48. The van der Waals surface area contributed by atoms with Gasteiger partial charge in [-0.25, -0.2) is 4.79 Å². The van der Waals surface area contributed by atoms with Crippen LogP contribution in [-0.2, 0) is 0 Å². The first-order valence-corrected chi connectivity index (χ1v) is 4.42. The molecule has 0 saturated carbocycles. The normalized spacial score (nSPS) is 9.67. The molecule has 0 saturated heterocycles. The summed E-state index contributed by atoms with van der Waals surface area (Å²) >= 11 is 0. The van der Waals surface area contributed by atoms with Gasteiger partial charge in [0, 0.05) is 0 Å². The van der Waals surface area contributed by atoms with Gasteiger partial charge in [-0.15, -0.1) is 0 Å². The number of aryl methyl sites for hydroxylation is 1. The van der Waals surface area contributed by atoms with Gasteiger partial charge < -0.3 is 5.11 Å². The van der Waals surface area contributed by atoms with E-state index in [1.165, 1.54) is 0 Å². The van der Waals surface area contributed by atoms with E-state index in [9.17, 15) is 4.79 Å². The van der Waals surface area contributed by atoms with Crippen molar-refractivity contribution in [1.29, 1.82) is 0 Å². The predicted octanol–water partition coefficient (Wildman–Crippen LogP) is 1.66. The van der Waals surface area contributed by atoms with Crippen LogP contribution in [0.15, 0.2) is 36.4 Å². The molecular weight excluding hydrogens is 203 g/mol. The highest BCUT2D eigenvalue weighted by Gasteiger charge is 2.08. The van der Waals surface area contributed by atoms with Crippen LogP contribution in [0.5, 0.6) is 0 Å². The molecule has 0 atom stereocenters. The fraction of sp³-hybridized carbons (Fsp3) is 0.0833. The molecule has 0 radical (unpaired) electrons. The molecule has 2 aromatic rings. The zero-order valence-electron chi connectivity index (χ0n) is 7.82. The lowest BCUT2D eigenvalue weighted by atomic mass is 10.0. The van der Waals surface area contributed by atoms with Crippen LogP contribution in [0.1, 0.15) is 15.9 Å². The Balaban J connectivity index is 0.00000112. The molecular formula is C12H13AlO2. The molecule has 2 rings (SSSR count). The molecule has 3 heteroatoms. The Morgan fingerprint density at radius 2 is 1.80 bits per heavy atom. The smallest absolute Gasteiger partial charge is 0.335 e. The topological polar surface area (TPSA) is 37.3 Å². The largest absolute Gasteiger partial charge is 0.478 e. The van der Waals surface area contributed by atoms with Crippen molar-refractivity contribution < 1.29 is 9.90 Å². The summed E-state index contributed by atoms with van der Waals surface area (Å²) in [4.78, 5) is 10.9. The molecule has 2 aromatic carbocycles. The zero-order chi connectivity index (χ0) is 10.1. The molecule has 0 aliphatic heterocycles. The van der Waals surface area contributed by atoms with Gasteiger partial charge in [-0.3, -0.25) is 0 Å². The SMILES string of the molecule is Cc1c(C(=O)O)ccc2ccccc12.[AlH3]. The maximum Gasteiger partial charge on any atom is 0.335 e. The average molecular weight is 216 g/mol. The third-order valence-electron chi connectivity index (χ3n) is 2.43. The van der Waals surface area contributed by atoms with Crippen LogP contribution in [0.2, 0.25) is 0 Å². The van der Waals surface area contributed by atoms with Crippen molar-refractivity contribution in [2.75, 3.05) is 0 Å². The van der Waals surface area contributed by atoms with E-state index in [4.69, 9.17) is 5.11 Å². The molecule has 0 amide bonds. The van der Waals surface area contributed by atoms with Crippen molar-refractivity contribution in [2.45, 2.75) is 6.92 Å². The summed E-state index contributed by atoms with van der Waals surface area (Å²) in [6, 6.07) is 11.3. The van der Waals surface area contributed by atoms with Crippen LogP contribution < -0.4 is 0 Å². The first-order valence-electron chi connectivity index (χ1n) is 4.42. The maximum atomic E-state index is 10.9. The van der Waals surface area contributed by atoms with E-state index in [2.05, 4.69) is 0 Å². The van der Waals surface area contributed by atoms with Gasteiger partial charge in [0.25, 0.3) is 0 Å². The monoisotopic (exact) mass is 216 g/mol. The Labute approximate surface area is 98.7 Å². The highest BCUT2D eigenvalue weighted by molar-refractivity contribution is 5.97. The van der Waals surface area contributed by atoms with Crippen molar-refractivity contribution >= 4 is 34.1 Å². The van der Waals surface area contributed by atoms with E-state index >= 15 is 0 Å². The van der Waals surface area contributed by atoms with Gasteiger partial charge >= 0.3 is 5.97 Å². The Kier molecular flexibility index (Phi) is 3.52. The van der Waals surface area contributed by atoms with E-state index in [1.807, 2.05) is 37.3 Å². The minimum atomic E-state index is -0.867. The molecule has 1 N–H and O–H groups in total. The van der Waals surface area contributed by atoms with E-state index < -0.39 is 5.97 Å². The summed E-state index contributed by atoms with van der Waals surface area (Å²) in [5.74, 6) is -0.867. The molecule has 0 aliphatic carbocycles. The Morgan fingerprint density at radius 1 is 1.13 bits per heavy atom. The second-order valence-corrected chi connectivity index (χ2v) is 3.26. The number of carboxylic acid groups (broad SMARTS) is 1. The number of carboxylic acids is 1. The van der Waals surface area contributed by atoms with Crippen LogP contribution in [0, 0.1) is 6.92 Å². The molecule has 0 unspecified atom stereocenters. The van der Waals surface area contributed by atoms with Crippen molar-refractivity contribution in [3.63, 3.8) is 0 Å². The van der Waals surface area contributed by atoms with Crippen LogP contribution >= 0.6 is 0 Å². The number of rotatable bonds is 1. The molecule has 0 bridgehead atoms.